The molecule has 0 saturated carbocycles. The van der Waals surface area contributed by atoms with Crippen LogP contribution in [-0.4, -0.2) is 28.0 Å². The SMILES string of the molecule is O=C1CC(=O)N(c2ccnn2Cc2ccc(Br)cc2)C1. The van der Waals surface area contributed by atoms with E-state index in [0.29, 0.717) is 12.4 Å². The number of carbonyl (C=O) groups excluding carboxylic acids is 2. The highest BCUT2D eigenvalue weighted by atomic mass is 79.9. The van der Waals surface area contributed by atoms with Crippen LogP contribution in [0.3, 0.4) is 0 Å². The van der Waals surface area contributed by atoms with Crippen LogP contribution in [0.1, 0.15) is 12.0 Å². The van der Waals surface area contributed by atoms with Crippen LogP contribution in [-0.2, 0) is 16.1 Å². The van der Waals surface area contributed by atoms with Gasteiger partial charge in [0, 0.05) is 10.5 Å². The number of benzene rings is 1. The normalized spacial score (nSPS) is 15.2. The Hall–Kier alpha value is -1.95. The molecule has 1 aromatic heterocycles. The third kappa shape index (κ3) is 2.51. The number of aromatic nitrogens is 2. The number of Topliss-reactive ketones (excluding diaryl/α,β-unsaturated/α-hetero) is 1. The van der Waals surface area contributed by atoms with Gasteiger partial charge in [0.2, 0.25) is 5.91 Å². The van der Waals surface area contributed by atoms with Gasteiger partial charge >= 0.3 is 0 Å². The number of hydrogen-bond donors (Lipinski definition) is 0. The zero-order valence-electron chi connectivity index (χ0n) is 10.6. The zero-order valence-corrected chi connectivity index (χ0v) is 12.2. The summed E-state index contributed by atoms with van der Waals surface area (Å²) in [5.41, 5.74) is 1.08. The first-order valence-electron chi connectivity index (χ1n) is 6.22. The molecule has 6 heteroatoms. The van der Waals surface area contributed by atoms with E-state index in [4.69, 9.17) is 0 Å². The molecule has 0 bridgehead atoms. The fraction of sp³-hybridized carbons (Fsp3) is 0.214. The van der Waals surface area contributed by atoms with Crippen molar-refractivity contribution in [2.24, 2.45) is 0 Å². The second kappa shape index (κ2) is 5.20. The number of rotatable bonds is 3. The molecule has 0 atom stereocenters. The van der Waals surface area contributed by atoms with Crippen LogP contribution in [0.5, 0.6) is 0 Å². The first-order chi connectivity index (χ1) is 9.63. The summed E-state index contributed by atoms with van der Waals surface area (Å²) in [6, 6.07) is 9.67. The van der Waals surface area contributed by atoms with Crippen molar-refractivity contribution in [1.82, 2.24) is 9.78 Å². The van der Waals surface area contributed by atoms with E-state index in [1.54, 1.807) is 16.9 Å². The average molecular weight is 334 g/mol. The molecule has 102 valence electrons. The number of nitrogens with zero attached hydrogens (tertiary/aromatic N) is 3. The van der Waals surface area contributed by atoms with Crippen LogP contribution >= 0.6 is 15.9 Å². The van der Waals surface area contributed by atoms with Gasteiger partial charge in [-0.3, -0.25) is 14.5 Å². The summed E-state index contributed by atoms with van der Waals surface area (Å²) in [5, 5.41) is 4.24. The van der Waals surface area contributed by atoms with Crippen LogP contribution < -0.4 is 4.90 Å². The lowest BCUT2D eigenvalue weighted by Crippen LogP contribution is -2.27. The molecular formula is C14H12BrN3O2. The molecule has 5 nitrogen and oxygen atoms in total. The predicted molar refractivity (Wildman–Crippen MR) is 77.4 cm³/mol. The molecule has 0 N–H and O–H groups in total. The van der Waals surface area contributed by atoms with Crippen molar-refractivity contribution in [2.45, 2.75) is 13.0 Å². The van der Waals surface area contributed by atoms with Gasteiger partial charge in [-0.1, -0.05) is 28.1 Å². The maximum atomic E-state index is 11.8. The predicted octanol–water partition coefficient (Wildman–Crippen LogP) is 2.00. The quantitative estimate of drug-likeness (QED) is 0.807. The molecule has 0 unspecified atom stereocenters. The fourth-order valence-electron chi connectivity index (χ4n) is 2.23. The van der Waals surface area contributed by atoms with Gasteiger partial charge in [0.05, 0.1) is 25.7 Å². The molecule has 1 fully saturated rings. The smallest absolute Gasteiger partial charge is 0.236 e. The molecule has 1 aliphatic rings. The number of hydrogen-bond acceptors (Lipinski definition) is 3. The minimum Gasteiger partial charge on any atom is -0.297 e. The first-order valence-corrected chi connectivity index (χ1v) is 7.01. The van der Waals surface area contributed by atoms with Crippen LogP contribution in [0.4, 0.5) is 5.82 Å². The maximum Gasteiger partial charge on any atom is 0.236 e. The molecule has 1 aliphatic heterocycles. The third-order valence-corrected chi connectivity index (χ3v) is 3.73. The Morgan fingerprint density at radius 1 is 1.15 bits per heavy atom. The second-order valence-electron chi connectivity index (χ2n) is 4.67. The molecule has 0 aliphatic carbocycles. The zero-order chi connectivity index (χ0) is 14.1. The molecule has 0 radical (unpaired) electrons. The average Bonchev–Trinajstić information content (AvgIpc) is 2.98. The summed E-state index contributed by atoms with van der Waals surface area (Å²) >= 11 is 3.39. The van der Waals surface area contributed by atoms with Crippen molar-refractivity contribution in [3.05, 3.63) is 46.6 Å². The Labute approximate surface area is 124 Å². The van der Waals surface area contributed by atoms with Gasteiger partial charge in [0.25, 0.3) is 0 Å². The van der Waals surface area contributed by atoms with E-state index >= 15 is 0 Å². The van der Waals surface area contributed by atoms with E-state index < -0.39 is 0 Å². The molecule has 3 rings (SSSR count). The minimum absolute atomic E-state index is 0.0105. The molecule has 0 spiro atoms. The molecule has 1 aromatic carbocycles. The largest absolute Gasteiger partial charge is 0.297 e. The summed E-state index contributed by atoms with van der Waals surface area (Å²) in [6.45, 7) is 0.707. The lowest BCUT2D eigenvalue weighted by Gasteiger charge is -2.16. The topological polar surface area (TPSA) is 55.2 Å². The summed E-state index contributed by atoms with van der Waals surface area (Å²) in [6.07, 6.45) is 1.63. The monoisotopic (exact) mass is 333 g/mol. The minimum atomic E-state index is -0.160. The van der Waals surface area contributed by atoms with Gasteiger partial charge in [-0.15, -0.1) is 0 Å². The van der Waals surface area contributed by atoms with Crippen molar-refractivity contribution in [3.63, 3.8) is 0 Å². The Balaban J connectivity index is 1.85. The molecular weight excluding hydrogens is 322 g/mol. The number of halogens is 1. The van der Waals surface area contributed by atoms with Gasteiger partial charge < -0.3 is 0 Å². The van der Waals surface area contributed by atoms with E-state index in [9.17, 15) is 9.59 Å². The van der Waals surface area contributed by atoms with E-state index in [0.717, 1.165) is 10.0 Å². The van der Waals surface area contributed by atoms with Crippen molar-refractivity contribution >= 4 is 33.4 Å². The lowest BCUT2D eigenvalue weighted by molar-refractivity contribution is -0.121. The number of anilines is 1. The van der Waals surface area contributed by atoms with Gasteiger partial charge in [0.1, 0.15) is 5.82 Å². The Kier molecular flexibility index (Phi) is 3.40. The number of ketones is 1. The van der Waals surface area contributed by atoms with E-state index in [1.165, 1.54) is 4.90 Å². The maximum absolute atomic E-state index is 11.8. The van der Waals surface area contributed by atoms with Crippen molar-refractivity contribution in [3.8, 4) is 0 Å². The van der Waals surface area contributed by atoms with E-state index in [1.807, 2.05) is 24.3 Å². The summed E-state index contributed by atoms with van der Waals surface area (Å²) in [7, 11) is 0. The van der Waals surface area contributed by atoms with Gasteiger partial charge in [-0.2, -0.15) is 5.10 Å². The highest BCUT2D eigenvalue weighted by Crippen LogP contribution is 2.21. The highest BCUT2D eigenvalue weighted by Gasteiger charge is 2.30. The summed E-state index contributed by atoms with van der Waals surface area (Å²) in [5.74, 6) is 0.461. The lowest BCUT2D eigenvalue weighted by atomic mass is 10.2. The Morgan fingerprint density at radius 2 is 1.90 bits per heavy atom. The number of carbonyl (C=O) groups is 2. The first kappa shape index (κ1) is 13.1. The van der Waals surface area contributed by atoms with Crippen LogP contribution in [0, 0.1) is 0 Å². The molecule has 2 heterocycles. The molecule has 1 amide bonds. The van der Waals surface area contributed by atoms with E-state index in [2.05, 4.69) is 21.0 Å². The van der Waals surface area contributed by atoms with Crippen LogP contribution in [0.25, 0.3) is 0 Å². The third-order valence-electron chi connectivity index (χ3n) is 3.20. The van der Waals surface area contributed by atoms with Crippen molar-refractivity contribution in [1.29, 1.82) is 0 Å². The van der Waals surface area contributed by atoms with Gasteiger partial charge in [-0.05, 0) is 17.7 Å². The molecule has 20 heavy (non-hydrogen) atoms. The van der Waals surface area contributed by atoms with Crippen LogP contribution in [0.2, 0.25) is 0 Å². The molecule has 2 aromatic rings. The van der Waals surface area contributed by atoms with Gasteiger partial charge in [0.15, 0.2) is 5.78 Å². The van der Waals surface area contributed by atoms with E-state index in [-0.39, 0.29) is 24.7 Å². The summed E-state index contributed by atoms with van der Waals surface area (Å²) in [4.78, 5) is 24.7. The van der Waals surface area contributed by atoms with Gasteiger partial charge in [-0.25, -0.2) is 4.68 Å². The number of amides is 1. The molecule has 1 saturated heterocycles. The fourth-order valence-corrected chi connectivity index (χ4v) is 2.50. The van der Waals surface area contributed by atoms with Crippen molar-refractivity contribution < 1.29 is 9.59 Å². The van der Waals surface area contributed by atoms with Crippen LogP contribution in [0.15, 0.2) is 41.0 Å². The second-order valence-corrected chi connectivity index (χ2v) is 5.58. The highest BCUT2D eigenvalue weighted by molar-refractivity contribution is 9.10. The Bertz CT molecular complexity index is 663. The summed E-state index contributed by atoms with van der Waals surface area (Å²) < 4.78 is 2.75. The standard InChI is InChI=1S/C14H12BrN3O2/c15-11-3-1-10(2-4-11)8-18-13(5-6-16-18)17-9-12(19)7-14(17)20/h1-6H,7-9H2. The van der Waals surface area contributed by atoms with Crippen molar-refractivity contribution in [2.75, 3.05) is 11.4 Å². The Morgan fingerprint density at radius 3 is 2.55 bits per heavy atom.